The molecule has 0 bridgehead atoms. The van der Waals surface area contributed by atoms with Gasteiger partial charge in [-0.15, -0.1) is 11.6 Å². The van der Waals surface area contributed by atoms with Crippen LogP contribution in [0.4, 0.5) is 4.39 Å². The summed E-state index contributed by atoms with van der Waals surface area (Å²) in [7, 11) is 0. The minimum Gasteiger partial charge on any atom is -0.207 e. The molecule has 0 saturated heterocycles. The second kappa shape index (κ2) is 6.35. The Bertz CT molecular complexity index is 513. The molecule has 18 heavy (non-hydrogen) atoms. The van der Waals surface area contributed by atoms with Gasteiger partial charge in [-0.3, -0.25) is 0 Å². The van der Waals surface area contributed by atoms with Gasteiger partial charge in [0.05, 0.1) is 0 Å². The quantitative estimate of drug-likeness (QED) is 0.681. The number of hydrogen-bond donors (Lipinski definition) is 0. The lowest BCUT2D eigenvalue weighted by Gasteiger charge is -2.15. The van der Waals surface area contributed by atoms with E-state index in [9.17, 15) is 4.39 Å². The number of hydrogen-bond acceptors (Lipinski definition) is 0. The van der Waals surface area contributed by atoms with Gasteiger partial charge in [0.1, 0.15) is 5.82 Å². The number of halogens is 3. The number of benzene rings is 2. The van der Waals surface area contributed by atoms with Crippen molar-refractivity contribution in [2.24, 2.45) is 0 Å². The Morgan fingerprint density at radius 1 is 1.11 bits per heavy atom. The smallest absolute Gasteiger partial charge is 0.123 e. The standard InChI is InChI=1S/C15H13BrClF/c16-15-7-6-14(18)9-12(15)8-13(10-17)11-4-2-1-3-5-11/h1-7,9,13H,8,10H2. The van der Waals surface area contributed by atoms with Gasteiger partial charge in [0.15, 0.2) is 0 Å². The zero-order chi connectivity index (χ0) is 13.0. The summed E-state index contributed by atoms with van der Waals surface area (Å²) >= 11 is 9.49. The average molecular weight is 328 g/mol. The molecule has 0 aliphatic heterocycles. The van der Waals surface area contributed by atoms with Gasteiger partial charge in [-0.25, -0.2) is 4.39 Å². The zero-order valence-electron chi connectivity index (χ0n) is 9.74. The predicted molar refractivity (Wildman–Crippen MR) is 77.7 cm³/mol. The summed E-state index contributed by atoms with van der Waals surface area (Å²) in [6, 6.07) is 14.8. The first-order chi connectivity index (χ1) is 8.70. The molecule has 94 valence electrons. The van der Waals surface area contributed by atoms with Crippen molar-refractivity contribution in [1.82, 2.24) is 0 Å². The molecule has 3 heteroatoms. The maximum Gasteiger partial charge on any atom is 0.123 e. The molecule has 0 radical (unpaired) electrons. The van der Waals surface area contributed by atoms with Crippen LogP contribution < -0.4 is 0 Å². The van der Waals surface area contributed by atoms with Crippen molar-refractivity contribution >= 4 is 27.5 Å². The van der Waals surface area contributed by atoms with Crippen LogP contribution in [-0.2, 0) is 6.42 Å². The van der Waals surface area contributed by atoms with Crippen molar-refractivity contribution in [1.29, 1.82) is 0 Å². The van der Waals surface area contributed by atoms with E-state index in [0.29, 0.717) is 5.88 Å². The molecule has 0 saturated carbocycles. The van der Waals surface area contributed by atoms with E-state index in [0.717, 1.165) is 16.5 Å². The van der Waals surface area contributed by atoms with Crippen LogP contribution in [0.5, 0.6) is 0 Å². The average Bonchev–Trinajstić information content (AvgIpc) is 2.41. The molecule has 0 amide bonds. The molecule has 0 aliphatic carbocycles. The molecule has 0 N–H and O–H groups in total. The molecule has 0 fully saturated rings. The van der Waals surface area contributed by atoms with Crippen molar-refractivity contribution < 1.29 is 4.39 Å². The maximum atomic E-state index is 13.3. The van der Waals surface area contributed by atoms with Crippen LogP contribution in [0.3, 0.4) is 0 Å². The van der Waals surface area contributed by atoms with E-state index in [-0.39, 0.29) is 11.7 Å². The molecule has 0 aromatic heterocycles. The fraction of sp³-hybridized carbons (Fsp3) is 0.200. The first-order valence-corrected chi connectivity index (χ1v) is 7.08. The van der Waals surface area contributed by atoms with Gasteiger partial charge in [0, 0.05) is 16.3 Å². The van der Waals surface area contributed by atoms with E-state index in [2.05, 4.69) is 28.1 Å². The van der Waals surface area contributed by atoms with Crippen molar-refractivity contribution in [3.05, 3.63) is 69.9 Å². The second-order valence-electron chi connectivity index (χ2n) is 4.20. The lowest BCUT2D eigenvalue weighted by molar-refractivity contribution is 0.622. The molecule has 2 rings (SSSR count). The second-order valence-corrected chi connectivity index (χ2v) is 5.36. The molecule has 1 atom stereocenters. The highest BCUT2D eigenvalue weighted by Gasteiger charge is 2.13. The highest BCUT2D eigenvalue weighted by Crippen LogP contribution is 2.27. The van der Waals surface area contributed by atoms with Crippen LogP contribution in [0.2, 0.25) is 0 Å². The Kier molecular flexibility index (Phi) is 4.79. The van der Waals surface area contributed by atoms with Crippen LogP contribution in [0.15, 0.2) is 53.0 Å². The van der Waals surface area contributed by atoms with Gasteiger partial charge in [0.25, 0.3) is 0 Å². The molecular weight excluding hydrogens is 315 g/mol. The van der Waals surface area contributed by atoms with Crippen LogP contribution in [0.25, 0.3) is 0 Å². The SMILES string of the molecule is Fc1ccc(Br)c(CC(CCl)c2ccccc2)c1. The van der Waals surface area contributed by atoms with Crippen LogP contribution in [0.1, 0.15) is 17.0 Å². The number of alkyl halides is 1. The summed E-state index contributed by atoms with van der Waals surface area (Å²) in [5, 5.41) is 0. The lowest BCUT2D eigenvalue weighted by Crippen LogP contribution is -2.05. The summed E-state index contributed by atoms with van der Waals surface area (Å²) in [6.45, 7) is 0. The van der Waals surface area contributed by atoms with Crippen molar-refractivity contribution in [2.45, 2.75) is 12.3 Å². The first kappa shape index (κ1) is 13.6. The molecule has 0 nitrogen and oxygen atoms in total. The maximum absolute atomic E-state index is 13.3. The molecule has 0 aliphatic rings. The minimum absolute atomic E-state index is 0.200. The van der Waals surface area contributed by atoms with E-state index in [4.69, 9.17) is 11.6 Å². The summed E-state index contributed by atoms with van der Waals surface area (Å²) < 4.78 is 14.2. The number of rotatable bonds is 4. The van der Waals surface area contributed by atoms with Crippen molar-refractivity contribution in [3.63, 3.8) is 0 Å². The highest BCUT2D eigenvalue weighted by molar-refractivity contribution is 9.10. The van der Waals surface area contributed by atoms with Gasteiger partial charge >= 0.3 is 0 Å². The molecule has 2 aromatic carbocycles. The first-order valence-electron chi connectivity index (χ1n) is 5.75. The van der Waals surface area contributed by atoms with Crippen LogP contribution >= 0.6 is 27.5 Å². The predicted octanol–water partition coefficient (Wildman–Crippen LogP) is 5.15. The lowest BCUT2D eigenvalue weighted by atomic mass is 9.93. The van der Waals surface area contributed by atoms with Crippen LogP contribution in [0, 0.1) is 5.82 Å². The van der Waals surface area contributed by atoms with Crippen molar-refractivity contribution in [2.75, 3.05) is 5.88 Å². The van der Waals surface area contributed by atoms with E-state index in [1.165, 1.54) is 11.6 Å². The molecule has 0 spiro atoms. The van der Waals surface area contributed by atoms with Gasteiger partial charge in [-0.05, 0) is 35.7 Å². The van der Waals surface area contributed by atoms with E-state index in [1.807, 2.05) is 18.2 Å². The Morgan fingerprint density at radius 2 is 1.83 bits per heavy atom. The van der Waals surface area contributed by atoms with E-state index in [1.54, 1.807) is 12.1 Å². The third kappa shape index (κ3) is 3.33. The molecule has 2 aromatic rings. The fourth-order valence-corrected chi connectivity index (χ4v) is 2.65. The van der Waals surface area contributed by atoms with E-state index < -0.39 is 0 Å². The Balaban J connectivity index is 2.23. The largest absolute Gasteiger partial charge is 0.207 e. The van der Waals surface area contributed by atoms with Crippen molar-refractivity contribution in [3.8, 4) is 0 Å². The van der Waals surface area contributed by atoms with Gasteiger partial charge in [-0.1, -0.05) is 46.3 Å². The highest BCUT2D eigenvalue weighted by atomic mass is 79.9. The third-order valence-electron chi connectivity index (χ3n) is 2.93. The Labute approximate surface area is 120 Å². The van der Waals surface area contributed by atoms with Gasteiger partial charge in [0.2, 0.25) is 0 Å². The molecular formula is C15H13BrClF. The summed E-state index contributed by atoms with van der Waals surface area (Å²) in [4.78, 5) is 0. The van der Waals surface area contributed by atoms with E-state index >= 15 is 0 Å². The van der Waals surface area contributed by atoms with Gasteiger partial charge < -0.3 is 0 Å². The Morgan fingerprint density at radius 3 is 2.50 bits per heavy atom. The normalized spacial score (nSPS) is 12.4. The molecule has 0 heterocycles. The van der Waals surface area contributed by atoms with Crippen LogP contribution in [-0.4, -0.2) is 5.88 Å². The summed E-state index contributed by atoms with van der Waals surface area (Å²) in [5.41, 5.74) is 2.13. The Hall–Kier alpha value is -0.860. The molecule has 1 unspecified atom stereocenters. The monoisotopic (exact) mass is 326 g/mol. The fourth-order valence-electron chi connectivity index (χ4n) is 1.95. The topological polar surface area (TPSA) is 0 Å². The summed E-state index contributed by atoms with van der Waals surface area (Å²) in [6.07, 6.45) is 0.728. The third-order valence-corrected chi connectivity index (χ3v) is 4.08. The summed E-state index contributed by atoms with van der Waals surface area (Å²) in [5.74, 6) is 0.507. The minimum atomic E-state index is -0.213. The zero-order valence-corrected chi connectivity index (χ0v) is 12.1. The van der Waals surface area contributed by atoms with Gasteiger partial charge in [-0.2, -0.15) is 0 Å².